The Bertz CT molecular complexity index is 777. The van der Waals surface area contributed by atoms with Crippen molar-refractivity contribution in [1.82, 2.24) is 20.9 Å². The fourth-order valence-corrected chi connectivity index (χ4v) is 3.67. The second kappa shape index (κ2) is 9.86. The summed E-state index contributed by atoms with van der Waals surface area (Å²) in [5.41, 5.74) is 0.969. The van der Waals surface area contributed by atoms with E-state index in [1.165, 1.54) is 0 Å². The van der Waals surface area contributed by atoms with Crippen molar-refractivity contribution < 1.29 is 19.2 Å². The van der Waals surface area contributed by atoms with Crippen LogP contribution >= 0.6 is 0 Å². The molecular formula is C21H26N4O4. The largest absolute Gasteiger partial charge is 0.354 e. The molecule has 8 nitrogen and oxygen atoms in total. The summed E-state index contributed by atoms with van der Waals surface area (Å²) in [5, 5.41) is 8.22. The van der Waals surface area contributed by atoms with Gasteiger partial charge in [-0.15, -0.1) is 0 Å². The standard InChI is InChI=1S/C21H26N4O4/c26-18(10-9-15-5-2-1-3-6-15)24-17-8-4-7-16(11-17)12-22-19(27)14-25-20(28)13-23-21(25)29/h1-3,5-6,9-10,16-17H,4,7-8,11-14H2,(H,22,27)(H,23,29)(H,24,26)/b10-9+/t16-,17+/m1/s1. The van der Waals surface area contributed by atoms with E-state index < -0.39 is 11.9 Å². The number of benzene rings is 1. The predicted molar refractivity (Wildman–Crippen MR) is 107 cm³/mol. The van der Waals surface area contributed by atoms with Crippen LogP contribution in [0.3, 0.4) is 0 Å². The van der Waals surface area contributed by atoms with Crippen LogP contribution in [0, 0.1) is 5.92 Å². The predicted octanol–water partition coefficient (Wildman–Crippen LogP) is 1.04. The molecule has 1 saturated heterocycles. The second-order valence-corrected chi connectivity index (χ2v) is 7.42. The third-order valence-electron chi connectivity index (χ3n) is 5.18. The fourth-order valence-electron chi connectivity index (χ4n) is 3.67. The topological polar surface area (TPSA) is 108 Å². The SMILES string of the molecule is O=C(/C=C/c1ccccc1)N[C@H]1CCC[C@@H](CNC(=O)CN2C(=O)CNC2=O)C1. The van der Waals surface area contributed by atoms with E-state index in [2.05, 4.69) is 16.0 Å². The Morgan fingerprint density at radius 2 is 1.97 bits per heavy atom. The number of amides is 5. The van der Waals surface area contributed by atoms with Gasteiger partial charge in [0.05, 0.1) is 6.54 Å². The highest BCUT2D eigenvalue weighted by Gasteiger charge is 2.30. The molecule has 5 amide bonds. The molecule has 2 fully saturated rings. The molecule has 1 aliphatic carbocycles. The van der Waals surface area contributed by atoms with Gasteiger partial charge in [0.1, 0.15) is 6.54 Å². The van der Waals surface area contributed by atoms with E-state index >= 15 is 0 Å². The minimum atomic E-state index is -0.533. The van der Waals surface area contributed by atoms with Gasteiger partial charge < -0.3 is 16.0 Å². The zero-order valence-electron chi connectivity index (χ0n) is 16.2. The highest BCUT2D eigenvalue weighted by molar-refractivity contribution is 6.04. The summed E-state index contributed by atoms with van der Waals surface area (Å²) >= 11 is 0. The van der Waals surface area contributed by atoms with Crippen molar-refractivity contribution in [3.8, 4) is 0 Å². The van der Waals surface area contributed by atoms with Gasteiger partial charge >= 0.3 is 6.03 Å². The Balaban J connectivity index is 1.40. The molecule has 3 N–H and O–H groups in total. The van der Waals surface area contributed by atoms with Crippen molar-refractivity contribution in [3.63, 3.8) is 0 Å². The van der Waals surface area contributed by atoms with Crippen LogP contribution in [0.15, 0.2) is 36.4 Å². The van der Waals surface area contributed by atoms with Crippen LogP contribution in [0.5, 0.6) is 0 Å². The van der Waals surface area contributed by atoms with E-state index in [9.17, 15) is 19.2 Å². The summed E-state index contributed by atoms with van der Waals surface area (Å²) in [5.74, 6) is -0.622. The first-order chi connectivity index (χ1) is 14.0. The molecule has 29 heavy (non-hydrogen) atoms. The van der Waals surface area contributed by atoms with Crippen molar-refractivity contribution in [2.24, 2.45) is 5.92 Å². The molecule has 3 rings (SSSR count). The Labute approximate surface area is 169 Å². The van der Waals surface area contributed by atoms with E-state index in [1.54, 1.807) is 12.2 Å². The maximum atomic E-state index is 12.2. The third-order valence-corrected chi connectivity index (χ3v) is 5.18. The number of urea groups is 1. The highest BCUT2D eigenvalue weighted by atomic mass is 16.2. The molecule has 1 heterocycles. The van der Waals surface area contributed by atoms with Gasteiger partial charge in [-0.05, 0) is 36.8 Å². The smallest absolute Gasteiger partial charge is 0.325 e. The Hall–Kier alpha value is -3.16. The molecule has 2 aliphatic rings. The molecule has 1 saturated carbocycles. The zero-order valence-corrected chi connectivity index (χ0v) is 16.2. The lowest BCUT2D eigenvalue weighted by Crippen LogP contribution is -2.44. The summed E-state index contributed by atoms with van der Waals surface area (Å²) in [7, 11) is 0. The van der Waals surface area contributed by atoms with Gasteiger partial charge in [0.15, 0.2) is 0 Å². The average molecular weight is 398 g/mol. The first kappa shape index (κ1) is 20.6. The summed E-state index contributed by atoms with van der Waals surface area (Å²) in [6, 6.07) is 9.17. The molecule has 1 aromatic rings. The molecule has 1 aliphatic heterocycles. The average Bonchev–Trinajstić information content (AvgIpc) is 3.04. The number of nitrogens with one attached hydrogen (secondary N) is 3. The Morgan fingerprint density at radius 1 is 1.17 bits per heavy atom. The van der Waals surface area contributed by atoms with Crippen molar-refractivity contribution in [1.29, 1.82) is 0 Å². The first-order valence-corrected chi connectivity index (χ1v) is 9.90. The van der Waals surface area contributed by atoms with Gasteiger partial charge in [-0.1, -0.05) is 36.8 Å². The van der Waals surface area contributed by atoms with Crippen molar-refractivity contribution in [2.75, 3.05) is 19.6 Å². The lowest BCUT2D eigenvalue weighted by molar-refractivity contribution is -0.130. The van der Waals surface area contributed by atoms with E-state index in [0.29, 0.717) is 6.54 Å². The number of imide groups is 1. The van der Waals surface area contributed by atoms with Crippen LogP contribution in [0.1, 0.15) is 31.2 Å². The Kier molecular flexibility index (Phi) is 6.99. The third kappa shape index (κ3) is 6.17. The van der Waals surface area contributed by atoms with Crippen LogP contribution < -0.4 is 16.0 Å². The quantitative estimate of drug-likeness (QED) is 0.471. The molecule has 0 aromatic heterocycles. The van der Waals surface area contributed by atoms with Crippen molar-refractivity contribution in [2.45, 2.75) is 31.7 Å². The molecule has 2 atom stereocenters. The number of rotatable bonds is 7. The minimum Gasteiger partial charge on any atom is -0.354 e. The van der Waals surface area contributed by atoms with E-state index in [-0.39, 0.29) is 36.9 Å². The number of hydrogen-bond acceptors (Lipinski definition) is 4. The fraction of sp³-hybridized carbons (Fsp3) is 0.429. The summed E-state index contributed by atoms with van der Waals surface area (Å²) < 4.78 is 0. The van der Waals surface area contributed by atoms with Gasteiger partial charge in [0.25, 0.3) is 5.91 Å². The molecule has 0 radical (unpaired) electrons. The lowest BCUT2D eigenvalue weighted by atomic mass is 9.85. The van der Waals surface area contributed by atoms with Gasteiger partial charge in [-0.25, -0.2) is 4.79 Å². The van der Waals surface area contributed by atoms with Crippen LogP contribution in [-0.4, -0.2) is 54.3 Å². The van der Waals surface area contributed by atoms with Crippen LogP contribution in [0.4, 0.5) is 4.79 Å². The molecule has 1 aromatic carbocycles. The Morgan fingerprint density at radius 3 is 2.69 bits per heavy atom. The van der Waals surface area contributed by atoms with E-state index in [1.807, 2.05) is 30.3 Å². The molecule has 0 unspecified atom stereocenters. The molecule has 154 valence electrons. The second-order valence-electron chi connectivity index (χ2n) is 7.42. The van der Waals surface area contributed by atoms with Crippen molar-refractivity contribution >= 4 is 29.8 Å². The van der Waals surface area contributed by atoms with Crippen LogP contribution in [0.25, 0.3) is 6.08 Å². The summed E-state index contributed by atoms with van der Waals surface area (Å²) in [4.78, 5) is 48.1. The minimum absolute atomic E-state index is 0.0607. The lowest BCUT2D eigenvalue weighted by Gasteiger charge is -2.29. The number of hydrogen-bond donors (Lipinski definition) is 3. The highest BCUT2D eigenvalue weighted by Crippen LogP contribution is 2.23. The zero-order chi connectivity index (χ0) is 20.6. The monoisotopic (exact) mass is 398 g/mol. The normalized spacial score (nSPS) is 21.9. The first-order valence-electron chi connectivity index (χ1n) is 9.90. The van der Waals surface area contributed by atoms with Crippen LogP contribution in [-0.2, 0) is 14.4 Å². The number of nitrogens with zero attached hydrogens (tertiary/aromatic N) is 1. The van der Waals surface area contributed by atoms with E-state index in [0.717, 1.165) is 36.1 Å². The maximum Gasteiger partial charge on any atom is 0.325 e. The van der Waals surface area contributed by atoms with Gasteiger partial charge in [-0.2, -0.15) is 0 Å². The molecule has 8 heteroatoms. The summed E-state index contributed by atoms with van der Waals surface area (Å²) in [6.45, 7) is 0.144. The number of carbonyl (C=O) groups is 4. The summed E-state index contributed by atoms with van der Waals surface area (Å²) in [6.07, 6.45) is 6.97. The molecular weight excluding hydrogens is 372 g/mol. The van der Waals surface area contributed by atoms with E-state index in [4.69, 9.17) is 0 Å². The molecule has 0 spiro atoms. The van der Waals surface area contributed by atoms with Gasteiger partial charge in [-0.3, -0.25) is 19.3 Å². The van der Waals surface area contributed by atoms with Crippen molar-refractivity contribution in [3.05, 3.63) is 42.0 Å². The van der Waals surface area contributed by atoms with Gasteiger partial charge in [0.2, 0.25) is 11.8 Å². The van der Waals surface area contributed by atoms with Gasteiger partial charge in [0, 0.05) is 18.7 Å². The van der Waals surface area contributed by atoms with Crippen LogP contribution in [0.2, 0.25) is 0 Å². The maximum absolute atomic E-state index is 12.2. The number of carbonyl (C=O) groups excluding carboxylic acids is 4. The molecule has 0 bridgehead atoms.